The number of rotatable bonds is 9. The molecule has 3 aromatic rings. The smallest absolute Gasteiger partial charge is 0.230 e. The van der Waals surface area contributed by atoms with Crippen LogP contribution in [0.4, 0.5) is 0 Å². The minimum atomic E-state index is -0.0229. The Kier molecular flexibility index (Phi) is 7.39. The molecular formula is C20H22N4O2S2. The number of nitrogens with zero attached hydrogens (tertiary/aromatic N) is 2. The highest BCUT2D eigenvalue weighted by molar-refractivity contribution is 7.99. The van der Waals surface area contributed by atoms with Gasteiger partial charge in [-0.25, -0.2) is 4.98 Å². The molecule has 8 heteroatoms. The van der Waals surface area contributed by atoms with Crippen LogP contribution in [0.5, 0.6) is 5.75 Å². The Morgan fingerprint density at radius 3 is 2.57 bits per heavy atom. The maximum atomic E-state index is 12.0. The minimum absolute atomic E-state index is 0.0229. The van der Waals surface area contributed by atoms with E-state index in [2.05, 4.69) is 51.7 Å². The van der Waals surface area contributed by atoms with Gasteiger partial charge in [0.15, 0.2) is 5.82 Å². The maximum Gasteiger partial charge on any atom is 0.230 e. The van der Waals surface area contributed by atoms with Crippen molar-refractivity contribution in [2.45, 2.75) is 17.0 Å². The number of aromatic amines is 1. The molecule has 28 heavy (non-hydrogen) atoms. The maximum absolute atomic E-state index is 12.0. The molecule has 0 aliphatic rings. The summed E-state index contributed by atoms with van der Waals surface area (Å²) in [5.41, 5.74) is 2.16. The highest BCUT2D eigenvalue weighted by Crippen LogP contribution is 2.21. The van der Waals surface area contributed by atoms with E-state index in [4.69, 9.17) is 4.74 Å². The first-order valence-corrected chi connectivity index (χ1v) is 10.8. The first-order chi connectivity index (χ1) is 13.6. The van der Waals surface area contributed by atoms with Crippen molar-refractivity contribution in [2.75, 3.05) is 25.2 Å². The monoisotopic (exact) mass is 414 g/mol. The van der Waals surface area contributed by atoms with Gasteiger partial charge < -0.3 is 10.1 Å². The number of nitrogens with one attached hydrogen (secondary N) is 2. The summed E-state index contributed by atoms with van der Waals surface area (Å²) in [6, 6.07) is 15.9. The average molecular weight is 415 g/mol. The largest absolute Gasteiger partial charge is 0.497 e. The number of aromatic nitrogens is 3. The van der Waals surface area contributed by atoms with Crippen molar-refractivity contribution in [1.29, 1.82) is 0 Å². The zero-order valence-corrected chi connectivity index (χ0v) is 17.4. The third-order valence-electron chi connectivity index (χ3n) is 3.87. The first-order valence-electron chi connectivity index (χ1n) is 8.80. The normalized spacial score (nSPS) is 10.6. The molecule has 0 radical (unpaired) electrons. The van der Waals surface area contributed by atoms with Crippen molar-refractivity contribution < 1.29 is 9.53 Å². The van der Waals surface area contributed by atoms with Gasteiger partial charge in [-0.2, -0.15) is 0 Å². The second-order valence-electron chi connectivity index (χ2n) is 6.00. The summed E-state index contributed by atoms with van der Waals surface area (Å²) in [6.07, 6.45) is 0. The zero-order chi connectivity index (χ0) is 19.8. The summed E-state index contributed by atoms with van der Waals surface area (Å²) in [7, 11) is 1.63. The molecule has 6 nitrogen and oxygen atoms in total. The van der Waals surface area contributed by atoms with Gasteiger partial charge >= 0.3 is 0 Å². The van der Waals surface area contributed by atoms with Crippen molar-refractivity contribution >= 4 is 29.4 Å². The lowest BCUT2D eigenvalue weighted by atomic mass is 10.2. The van der Waals surface area contributed by atoms with Gasteiger partial charge in [-0.15, -0.1) is 16.9 Å². The summed E-state index contributed by atoms with van der Waals surface area (Å²) in [4.78, 5) is 17.6. The van der Waals surface area contributed by atoms with Gasteiger partial charge in [-0.3, -0.25) is 9.89 Å². The molecule has 0 aliphatic carbocycles. The molecule has 0 spiro atoms. The van der Waals surface area contributed by atoms with Crippen molar-refractivity contribution in [3.05, 3.63) is 54.1 Å². The number of thioether (sulfide) groups is 2. The molecule has 1 heterocycles. The molecule has 0 atom stereocenters. The van der Waals surface area contributed by atoms with E-state index in [1.165, 1.54) is 22.2 Å². The molecule has 0 saturated heterocycles. The van der Waals surface area contributed by atoms with E-state index < -0.39 is 0 Å². The number of hydrogen-bond donors (Lipinski definition) is 2. The molecule has 1 amide bonds. The molecule has 1 aromatic heterocycles. The summed E-state index contributed by atoms with van der Waals surface area (Å²) < 4.78 is 5.15. The lowest BCUT2D eigenvalue weighted by Crippen LogP contribution is -2.27. The predicted molar refractivity (Wildman–Crippen MR) is 114 cm³/mol. The Morgan fingerprint density at radius 2 is 1.86 bits per heavy atom. The number of H-pyrrole nitrogens is 1. The summed E-state index contributed by atoms with van der Waals surface area (Å²) in [5, 5.41) is 10.5. The Balaban J connectivity index is 1.38. The Hall–Kier alpha value is -2.45. The quantitative estimate of drug-likeness (QED) is 0.410. The van der Waals surface area contributed by atoms with Crippen LogP contribution in [0.15, 0.2) is 58.6 Å². The molecule has 0 saturated carbocycles. The van der Waals surface area contributed by atoms with Crippen molar-refractivity contribution in [1.82, 2.24) is 20.5 Å². The summed E-state index contributed by atoms with van der Waals surface area (Å²) in [6.45, 7) is 2.70. The van der Waals surface area contributed by atoms with E-state index in [9.17, 15) is 4.79 Å². The third kappa shape index (κ3) is 6.03. The van der Waals surface area contributed by atoms with Gasteiger partial charge in [0.05, 0.1) is 12.9 Å². The van der Waals surface area contributed by atoms with Crippen molar-refractivity contribution in [2.24, 2.45) is 0 Å². The van der Waals surface area contributed by atoms with Crippen LogP contribution >= 0.6 is 23.5 Å². The number of methoxy groups -OCH3 is 1. The minimum Gasteiger partial charge on any atom is -0.497 e. The molecule has 146 valence electrons. The highest BCUT2D eigenvalue weighted by atomic mass is 32.2. The van der Waals surface area contributed by atoms with Gasteiger partial charge in [0.2, 0.25) is 11.1 Å². The second kappa shape index (κ2) is 10.2. The number of benzene rings is 2. The summed E-state index contributed by atoms with van der Waals surface area (Å²) in [5.74, 6) is 2.55. The molecule has 2 aromatic carbocycles. The Labute approximate surface area is 172 Å². The SMILES string of the molecule is COc1ccc(-c2nc(SCC(=O)NCCSc3ccc(C)cc3)n[nH]2)cc1. The van der Waals surface area contributed by atoms with Crippen LogP contribution in [0.25, 0.3) is 11.4 Å². The first kappa shape index (κ1) is 20.3. The van der Waals surface area contributed by atoms with Crippen molar-refractivity contribution in [3.8, 4) is 17.1 Å². The lowest BCUT2D eigenvalue weighted by molar-refractivity contribution is -0.118. The van der Waals surface area contributed by atoms with Gasteiger partial charge in [0, 0.05) is 22.8 Å². The lowest BCUT2D eigenvalue weighted by Gasteiger charge is -2.04. The van der Waals surface area contributed by atoms with Crippen LogP contribution in [-0.4, -0.2) is 46.2 Å². The Bertz CT molecular complexity index is 895. The van der Waals surface area contributed by atoms with Gasteiger partial charge in [-0.05, 0) is 43.3 Å². The number of carbonyl (C=O) groups is 1. The number of hydrogen-bond acceptors (Lipinski definition) is 6. The zero-order valence-electron chi connectivity index (χ0n) is 15.8. The van der Waals surface area contributed by atoms with Crippen LogP contribution in [0.2, 0.25) is 0 Å². The average Bonchev–Trinajstić information content (AvgIpc) is 3.20. The molecule has 0 fully saturated rings. The van der Waals surface area contributed by atoms with Gasteiger partial charge in [0.25, 0.3) is 0 Å². The van der Waals surface area contributed by atoms with Crippen LogP contribution in [-0.2, 0) is 4.79 Å². The molecule has 0 aliphatic heterocycles. The fourth-order valence-corrected chi connectivity index (χ4v) is 3.76. The van der Waals surface area contributed by atoms with E-state index in [1.54, 1.807) is 18.9 Å². The third-order valence-corrected chi connectivity index (χ3v) is 5.74. The highest BCUT2D eigenvalue weighted by Gasteiger charge is 2.09. The van der Waals surface area contributed by atoms with E-state index in [0.29, 0.717) is 17.5 Å². The van der Waals surface area contributed by atoms with Gasteiger partial charge in [-0.1, -0.05) is 29.5 Å². The van der Waals surface area contributed by atoms with E-state index in [1.807, 2.05) is 24.3 Å². The number of amides is 1. The van der Waals surface area contributed by atoms with Crippen LogP contribution in [0.1, 0.15) is 5.56 Å². The van der Waals surface area contributed by atoms with E-state index in [0.717, 1.165) is 17.1 Å². The van der Waals surface area contributed by atoms with E-state index >= 15 is 0 Å². The second-order valence-corrected chi connectivity index (χ2v) is 8.11. The topological polar surface area (TPSA) is 79.9 Å². The molecule has 0 bridgehead atoms. The van der Waals surface area contributed by atoms with Gasteiger partial charge in [0.1, 0.15) is 5.75 Å². The standard InChI is InChI=1S/C20H22N4O2S2/c1-14-3-9-17(10-4-14)27-12-11-21-18(25)13-28-20-22-19(23-24-20)15-5-7-16(26-2)8-6-15/h3-10H,11-13H2,1-2H3,(H,21,25)(H,22,23,24). The number of ether oxygens (including phenoxy) is 1. The van der Waals surface area contributed by atoms with Crippen LogP contribution in [0.3, 0.4) is 0 Å². The molecule has 2 N–H and O–H groups in total. The Morgan fingerprint density at radius 1 is 1.11 bits per heavy atom. The molecule has 3 rings (SSSR count). The van der Waals surface area contributed by atoms with E-state index in [-0.39, 0.29) is 11.7 Å². The molecule has 0 unspecified atom stereocenters. The van der Waals surface area contributed by atoms with Crippen LogP contribution < -0.4 is 10.1 Å². The van der Waals surface area contributed by atoms with Crippen LogP contribution in [0, 0.1) is 6.92 Å². The predicted octanol–water partition coefficient (Wildman–Crippen LogP) is 3.79. The fraction of sp³-hybridized carbons (Fsp3) is 0.250. The summed E-state index contributed by atoms with van der Waals surface area (Å²) >= 11 is 3.04. The number of carbonyl (C=O) groups excluding carboxylic acids is 1. The number of aryl methyl sites for hydroxylation is 1. The molecular weight excluding hydrogens is 392 g/mol. The van der Waals surface area contributed by atoms with Crippen molar-refractivity contribution in [3.63, 3.8) is 0 Å². The fourth-order valence-electron chi connectivity index (χ4n) is 2.36.